The minimum atomic E-state index is 0.117. The topological polar surface area (TPSA) is 71.5 Å². The highest BCUT2D eigenvalue weighted by atomic mass is 16.5. The number of fused-ring (bicyclic) bond motifs is 2. The molecule has 3 unspecified atom stereocenters. The summed E-state index contributed by atoms with van der Waals surface area (Å²) >= 11 is 0. The number of rotatable bonds is 7. The van der Waals surface area contributed by atoms with E-state index in [-0.39, 0.29) is 5.91 Å². The summed E-state index contributed by atoms with van der Waals surface area (Å²) in [5.41, 5.74) is 1.02. The number of carbonyl (C=O) groups excluding carboxylic acids is 2. The van der Waals surface area contributed by atoms with Crippen LogP contribution >= 0.6 is 0 Å². The first-order valence-electron chi connectivity index (χ1n) is 10.7. The molecule has 1 aromatic rings. The fraction of sp³-hybridized carbons (Fsp3) is 0.682. The summed E-state index contributed by atoms with van der Waals surface area (Å²) in [6, 6.07) is 3.85. The molecule has 2 aliphatic heterocycles. The molecular weight excluding hydrogens is 354 g/mol. The lowest BCUT2D eigenvalue weighted by Gasteiger charge is -2.38. The number of hydrogen-bond acceptors (Lipinski definition) is 4. The number of nitrogens with zero attached hydrogens (tertiary/aromatic N) is 2. The molecule has 1 aromatic heterocycles. The summed E-state index contributed by atoms with van der Waals surface area (Å²) in [7, 11) is 0. The number of piperidine rings is 1. The largest absolute Gasteiger partial charge is 0.381 e. The van der Waals surface area contributed by atoms with Crippen molar-refractivity contribution in [3.63, 3.8) is 0 Å². The molecule has 2 amide bonds. The van der Waals surface area contributed by atoms with Crippen LogP contribution in [0.25, 0.3) is 0 Å². The highest BCUT2D eigenvalue weighted by molar-refractivity contribution is 5.77. The number of pyridine rings is 1. The van der Waals surface area contributed by atoms with Crippen LogP contribution in [0.2, 0.25) is 0 Å². The van der Waals surface area contributed by atoms with E-state index in [2.05, 4.69) is 15.2 Å². The van der Waals surface area contributed by atoms with Gasteiger partial charge in [0.15, 0.2) is 0 Å². The van der Waals surface area contributed by atoms with Crippen molar-refractivity contribution < 1.29 is 14.3 Å². The van der Waals surface area contributed by atoms with Crippen molar-refractivity contribution in [3.05, 3.63) is 30.1 Å². The van der Waals surface area contributed by atoms with Crippen molar-refractivity contribution in [1.29, 1.82) is 0 Å². The normalized spacial score (nSPS) is 29.1. The molecule has 6 nitrogen and oxygen atoms in total. The van der Waals surface area contributed by atoms with Gasteiger partial charge in [0.1, 0.15) is 0 Å². The fourth-order valence-electron chi connectivity index (χ4n) is 5.16. The quantitative estimate of drug-likeness (QED) is 0.782. The molecule has 28 heavy (non-hydrogen) atoms. The molecule has 0 aromatic carbocycles. The van der Waals surface area contributed by atoms with Crippen molar-refractivity contribution in [1.82, 2.24) is 15.2 Å². The Balaban J connectivity index is 1.23. The molecule has 1 N–H and O–H groups in total. The number of nitrogens with one attached hydrogen (secondary N) is 1. The van der Waals surface area contributed by atoms with Gasteiger partial charge in [-0.1, -0.05) is 6.07 Å². The molecule has 3 heterocycles. The van der Waals surface area contributed by atoms with Crippen molar-refractivity contribution in [2.45, 2.75) is 45.1 Å². The Labute approximate surface area is 167 Å². The molecule has 6 heteroatoms. The molecule has 0 spiro atoms. The Kier molecular flexibility index (Phi) is 6.25. The Bertz CT molecular complexity index is 661. The Morgan fingerprint density at radius 3 is 2.71 bits per heavy atom. The first-order valence-corrected chi connectivity index (χ1v) is 10.7. The molecule has 3 atom stereocenters. The van der Waals surface area contributed by atoms with E-state index in [0.29, 0.717) is 49.0 Å². The van der Waals surface area contributed by atoms with Gasteiger partial charge in [-0.15, -0.1) is 0 Å². The minimum absolute atomic E-state index is 0.117. The second-order valence-electron chi connectivity index (χ2n) is 8.67. The smallest absolute Gasteiger partial charge is 0.222 e. The van der Waals surface area contributed by atoms with Crippen LogP contribution < -0.4 is 5.32 Å². The van der Waals surface area contributed by atoms with Gasteiger partial charge in [0.25, 0.3) is 0 Å². The number of ether oxygens (including phenoxy) is 1. The maximum atomic E-state index is 12.7. The number of carbonyl (C=O) groups is 2. The number of hydrogen-bond donors (Lipinski definition) is 1. The van der Waals surface area contributed by atoms with Gasteiger partial charge >= 0.3 is 0 Å². The Hall–Kier alpha value is -1.95. The molecule has 152 valence electrons. The summed E-state index contributed by atoms with van der Waals surface area (Å²) in [6.45, 7) is 3.85. The van der Waals surface area contributed by atoms with E-state index < -0.39 is 0 Å². The Morgan fingerprint density at radius 1 is 1.21 bits per heavy atom. The average Bonchev–Trinajstić information content (AvgIpc) is 3.30. The lowest BCUT2D eigenvalue weighted by atomic mass is 9.82. The molecule has 3 fully saturated rings. The van der Waals surface area contributed by atoms with Gasteiger partial charge in [0.2, 0.25) is 11.8 Å². The summed E-state index contributed by atoms with van der Waals surface area (Å²) in [5, 5.41) is 3.03. The van der Waals surface area contributed by atoms with Crippen molar-refractivity contribution in [2.24, 2.45) is 23.7 Å². The SMILES string of the molecule is O=C(CC1C2CCC1CN(C(=O)CCC1CCOC1)C2)NCc1cccnc1. The predicted octanol–water partition coefficient (Wildman–Crippen LogP) is 2.39. The summed E-state index contributed by atoms with van der Waals surface area (Å²) in [6.07, 6.45) is 9.07. The van der Waals surface area contributed by atoms with Gasteiger partial charge in [-0.25, -0.2) is 0 Å². The van der Waals surface area contributed by atoms with Crippen molar-refractivity contribution in [2.75, 3.05) is 26.3 Å². The van der Waals surface area contributed by atoms with E-state index >= 15 is 0 Å². The second kappa shape index (κ2) is 9.03. The van der Waals surface area contributed by atoms with Crippen LogP contribution in [0.1, 0.15) is 44.1 Å². The van der Waals surface area contributed by atoms with E-state index in [1.54, 1.807) is 12.4 Å². The highest BCUT2D eigenvalue weighted by Crippen LogP contribution is 2.44. The van der Waals surface area contributed by atoms with Crippen LogP contribution in [0.5, 0.6) is 0 Å². The third kappa shape index (κ3) is 4.72. The van der Waals surface area contributed by atoms with E-state index in [1.165, 1.54) is 0 Å². The van der Waals surface area contributed by atoms with E-state index in [9.17, 15) is 9.59 Å². The van der Waals surface area contributed by atoms with Gasteiger partial charge < -0.3 is 15.0 Å². The first-order chi connectivity index (χ1) is 13.7. The van der Waals surface area contributed by atoms with E-state index in [1.807, 2.05) is 12.1 Å². The van der Waals surface area contributed by atoms with Gasteiger partial charge in [-0.05, 0) is 61.0 Å². The Morgan fingerprint density at radius 2 is 2.04 bits per heavy atom. The molecule has 2 saturated heterocycles. The zero-order valence-corrected chi connectivity index (χ0v) is 16.5. The van der Waals surface area contributed by atoms with Crippen molar-refractivity contribution in [3.8, 4) is 0 Å². The van der Waals surface area contributed by atoms with Gasteiger partial charge in [-0.3, -0.25) is 14.6 Å². The molecule has 1 saturated carbocycles. The van der Waals surface area contributed by atoms with Crippen LogP contribution in [-0.4, -0.2) is 48.0 Å². The summed E-state index contributed by atoms with van der Waals surface area (Å²) in [5.74, 6) is 2.33. The van der Waals surface area contributed by atoms with E-state index in [4.69, 9.17) is 4.74 Å². The van der Waals surface area contributed by atoms with Gasteiger partial charge in [0, 0.05) is 58.1 Å². The van der Waals surface area contributed by atoms with Crippen LogP contribution in [-0.2, 0) is 20.9 Å². The number of likely N-dealkylation sites (tertiary alicyclic amines) is 1. The second-order valence-corrected chi connectivity index (χ2v) is 8.67. The molecule has 3 aliphatic rings. The monoisotopic (exact) mass is 385 g/mol. The third-order valence-corrected chi connectivity index (χ3v) is 6.81. The average molecular weight is 386 g/mol. The van der Waals surface area contributed by atoms with Crippen LogP contribution in [0.15, 0.2) is 24.5 Å². The van der Waals surface area contributed by atoms with Gasteiger partial charge in [0.05, 0.1) is 0 Å². The van der Waals surface area contributed by atoms with Crippen LogP contribution in [0.3, 0.4) is 0 Å². The number of amides is 2. The highest BCUT2D eigenvalue weighted by Gasteiger charge is 2.43. The zero-order valence-electron chi connectivity index (χ0n) is 16.5. The van der Waals surface area contributed by atoms with Gasteiger partial charge in [-0.2, -0.15) is 0 Å². The van der Waals surface area contributed by atoms with E-state index in [0.717, 1.165) is 57.6 Å². The number of aromatic nitrogens is 1. The van der Waals surface area contributed by atoms with Crippen molar-refractivity contribution >= 4 is 11.8 Å². The molecule has 0 radical (unpaired) electrons. The predicted molar refractivity (Wildman–Crippen MR) is 105 cm³/mol. The first kappa shape index (κ1) is 19.4. The standard InChI is InChI=1S/C22H31N3O3/c26-21(24-12-17-2-1-8-23-11-17)10-20-18-4-5-19(20)14-25(13-18)22(27)6-3-16-7-9-28-15-16/h1-2,8,11,16,18-20H,3-7,9-10,12-15H2,(H,24,26). The maximum Gasteiger partial charge on any atom is 0.222 e. The fourth-order valence-corrected chi connectivity index (χ4v) is 5.16. The lowest BCUT2D eigenvalue weighted by Crippen LogP contribution is -2.46. The lowest BCUT2D eigenvalue weighted by molar-refractivity contribution is -0.135. The molecule has 1 aliphatic carbocycles. The summed E-state index contributed by atoms with van der Waals surface area (Å²) in [4.78, 5) is 31.3. The summed E-state index contributed by atoms with van der Waals surface area (Å²) < 4.78 is 5.41. The minimum Gasteiger partial charge on any atom is -0.381 e. The molecule has 2 bridgehead atoms. The zero-order chi connectivity index (χ0) is 19.3. The molecular formula is C22H31N3O3. The van der Waals surface area contributed by atoms with Crippen LogP contribution in [0.4, 0.5) is 0 Å². The van der Waals surface area contributed by atoms with Crippen LogP contribution in [0, 0.1) is 23.7 Å². The maximum absolute atomic E-state index is 12.7. The molecule has 4 rings (SSSR count). The third-order valence-electron chi connectivity index (χ3n) is 6.81.